The van der Waals surface area contributed by atoms with E-state index < -0.39 is 0 Å². The summed E-state index contributed by atoms with van der Waals surface area (Å²) in [6.07, 6.45) is 1.76. The summed E-state index contributed by atoms with van der Waals surface area (Å²) in [5, 5.41) is 0.552. The molecule has 6 heteroatoms. The van der Waals surface area contributed by atoms with Crippen LogP contribution in [0.15, 0.2) is 47.4 Å². The van der Waals surface area contributed by atoms with Crippen molar-refractivity contribution in [2.75, 3.05) is 0 Å². The van der Waals surface area contributed by atoms with Crippen LogP contribution < -0.4 is 0 Å². The quantitative estimate of drug-likeness (QED) is 0.659. The van der Waals surface area contributed by atoms with Gasteiger partial charge >= 0.3 is 0 Å². The summed E-state index contributed by atoms with van der Waals surface area (Å²) >= 11 is 12.8. The molecule has 2 aromatic carbocycles. The number of thioether (sulfide) groups is 1. The smallest absolute Gasteiger partial charge is 0.268 e. The molecule has 0 aliphatic carbocycles. The van der Waals surface area contributed by atoms with Crippen molar-refractivity contribution in [2.24, 2.45) is 0 Å². The minimum atomic E-state index is -0.292. The van der Waals surface area contributed by atoms with Crippen LogP contribution >= 0.6 is 35.0 Å². The highest BCUT2D eigenvalue weighted by Crippen LogP contribution is 2.34. The number of carbonyl (C=O) groups is 2. The van der Waals surface area contributed by atoms with Gasteiger partial charge in [0, 0.05) is 0 Å². The zero-order valence-corrected chi connectivity index (χ0v) is 15.1. The van der Waals surface area contributed by atoms with E-state index in [-0.39, 0.29) is 17.7 Å². The molecule has 0 radical (unpaired) electrons. The van der Waals surface area contributed by atoms with E-state index in [0.717, 1.165) is 28.5 Å². The predicted molar refractivity (Wildman–Crippen MR) is 99.2 cm³/mol. The molecule has 2 aromatic rings. The molecule has 1 saturated heterocycles. The van der Waals surface area contributed by atoms with E-state index in [2.05, 4.69) is 0 Å². The van der Waals surface area contributed by atoms with E-state index in [1.807, 2.05) is 31.2 Å². The molecular formula is C18H13Cl2NO2S. The van der Waals surface area contributed by atoms with Crippen molar-refractivity contribution in [3.05, 3.63) is 74.1 Å². The van der Waals surface area contributed by atoms with Gasteiger partial charge in [-0.1, -0.05) is 53.5 Å². The fourth-order valence-corrected chi connectivity index (χ4v) is 3.50. The van der Waals surface area contributed by atoms with Crippen molar-refractivity contribution in [3.63, 3.8) is 0 Å². The Bertz CT molecular complexity index is 864. The molecule has 3 rings (SSSR count). The molecule has 122 valence electrons. The van der Waals surface area contributed by atoms with Crippen LogP contribution in [0.2, 0.25) is 10.0 Å². The lowest BCUT2D eigenvalue weighted by Crippen LogP contribution is -2.27. The van der Waals surface area contributed by atoms with Crippen molar-refractivity contribution in [2.45, 2.75) is 13.5 Å². The first-order chi connectivity index (χ1) is 11.5. The van der Waals surface area contributed by atoms with E-state index in [9.17, 15) is 9.59 Å². The number of hydrogen-bond acceptors (Lipinski definition) is 3. The summed E-state index contributed by atoms with van der Waals surface area (Å²) in [5.41, 5.74) is 2.73. The average molecular weight is 378 g/mol. The molecule has 3 nitrogen and oxygen atoms in total. The number of rotatable bonds is 3. The zero-order valence-electron chi connectivity index (χ0n) is 12.8. The van der Waals surface area contributed by atoms with Gasteiger partial charge in [-0.2, -0.15) is 0 Å². The Hall–Kier alpha value is -1.75. The number of imide groups is 1. The molecule has 1 heterocycles. The van der Waals surface area contributed by atoms with Crippen LogP contribution in [0.25, 0.3) is 6.08 Å². The summed E-state index contributed by atoms with van der Waals surface area (Å²) in [6.45, 7) is 2.14. The maximum absolute atomic E-state index is 12.5. The van der Waals surface area contributed by atoms with Gasteiger partial charge in [0.2, 0.25) is 0 Å². The normalized spacial score (nSPS) is 16.3. The summed E-state index contributed by atoms with van der Waals surface area (Å²) in [5.74, 6) is -0.292. The fraction of sp³-hybridized carbons (Fsp3) is 0.111. The van der Waals surface area contributed by atoms with Crippen LogP contribution in [0.3, 0.4) is 0 Å². The number of benzene rings is 2. The van der Waals surface area contributed by atoms with Crippen molar-refractivity contribution >= 4 is 52.2 Å². The third-order valence-electron chi connectivity index (χ3n) is 3.67. The number of nitrogens with zero attached hydrogens (tertiary/aromatic N) is 1. The Morgan fingerprint density at radius 3 is 2.54 bits per heavy atom. The van der Waals surface area contributed by atoms with Crippen molar-refractivity contribution < 1.29 is 9.59 Å². The zero-order chi connectivity index (χ0) is 17.3. The first-order valence-electron chi connectivity index (χ1n) is 7.20. The molecule has 1 fully saturated rings. The minimum Gasteiger partial charge on any atom is -0.268 e. The molecular weight excluding hydrogens is 365 g/mol. The molecule has 2 amide bonds. The Morgan fingerprint density at radius 1 is 1.08 bits per heavy atom. The molecule has 0 aromatic heterocycles. The molecule has 24 heavy (non-hydrogen) atoms. The average Bonchev–Trinajstić information content (AvgIpc) is 2.81. The monoisotopic (exact) mass is 377 g/mol. The Balaban J connectivity index is 1.84. The van der Waals surface area contributed by atoms with E-state index >= 15 is 0 Å². The lowest BCUT2D eigenvalue weighted by Gasteiger charge is -2.13. The largest absolute Gasteiger partial charge is 0.293 e. The maximum atomic E-state index is 12.5. The summed E-state index contributed by atoms with van der Waals surface area (Å²) < 4.78 is 0. The first-order valence-corrected chi connectivity index (χ1v) is 8.78. The fourth-order valence-electron chi connectivity index (χ4n) is 2.35. The number of amides is 2. The standard InChI is InChI=1S/C18H13Cl2NO2S/c1-11-4-2-3-5-13(11)9-16-17(22)21(18(23)24-16)10-12-6-7-14(19)15(20)8-12/h2-9H,10H2,1H3/b16-9+. The van der Waals surface area contributed by atoms with Gasteiger partial charge in [0.1, 0.15) is 0 Å². The highest BCUT2D eigenvalue weighted by atomic mass is 35.5. The van der Waals surface area contributed by atoms with Crippen molar-refractivity contribution in [1.29, 1.82) is 0 Å². The lowest BCUT2D eigenvalue weighted by molar-refractivity contribution is -0.123. The second kappa shape index (κ2) is 7.01. The Labute approximate surface area is 154 Å². The van der Waals surface area contributed by atoms with Gasteiger partial charge in [-0.25, -0.2) is 0 Å². The van der Waals surface area contributed by atoms with Gasteiger partial charge in [0.15, 0.2) is 0 Å². The van der Waals surface area contributed by atoms with Crippen molar-refractivity contribution in [3.8, 4) is 0 Å². The van der Waals surface area contributed by atoms with Crippen LogP contribution in [0.1, 0.15) is 16.7 Å². The summed E-state index contributed by atoms with van der Waals surface area (Å²) in [7, 11) is 0. The van der Waals surface area contributed by atoms with Gasteiger partial charge in [-0.05, 0) is 53.6 Å². The highest BCUT2D eigenvalue weighted by molar-refractivity contribution is 8.18. The topological polar surface area (TPSA) is 37.4 Å². The van der Waals surface area contributed by atoms with Gasteiger partial charge in [-0.15, -0.1) is 0 Å². The van der Waals surface area contributed by atoms with E-state index in [0.29, 0.717) is 15.0 Å². The lowest BCUT2D eigenvalue weighted by atomic mass is 10.1. The van der Waals surface area contributed by atoms with E-state index in [4.69, 9.17) is 23.2 Å². The number of carbonyl (C=O) groups excluding carboxylic acids is 2. The molecule has 1 aliphatic heterocycles. The number of aryl methyl sites for hydroxylation is 1. The third kappa shape index (κ3) is 3.51. The van der Waals surface area contributed by atoms with Crippen LogP contribution in [-0.4, -0.2) is 16.0 Å². The minimum absolute atomic E-state index is 0.173. The van der Waals surface area contributed by atoms with Crippen LogP contribution in [-0.2, 0) is 11.3 Å². The Morgan fingerprint density at radius 2 is 1.83 bits per heavy atom. The molecule has 0 N–H and O–H groups in total. The van der Waals surface area contributed by atoms with Gasteiger partial charge in [0.25, 0.3) is 11.1 Å². The molecule has 0 spiro atoms. The van der Waals surface area contributed by atoms with Crippen LogP contribution in [0.5, 0.6) is 0 Å². The van der Waals surface area contributed by atoms with Gasteiger partial charge in [-0.3, -0.25) is 14.5 Å². The van der Waals surface area contributed by atoms with Crippen molar-refractivity contribution in [1.82, 2.24) is 4.90 Å². The summed E-state index contributed by atoms with van der Waals surface area (Å²) in [4.78, 5) is 26.4. The summed E-state index contributed by atoms with van der Waals surface area (Å²) in [6, 6.07) is 12.8. The van der Waals surface area contributed by atoms with Gasteiger partial charge < -0.3 is 0 Å². The van der Waals surface area contributed by atoms with E-state index in [1.54, 1.807) is 24.3 Å². The molecule has 0 bridgehead atoms. The highest BCUT2D eigenvalue weighted by Gasteiger charge is 2.35. The van der Waals surface area contributed by atoms with Crippen LogP contribution in [0, 0.1) is 6.92 Å². The molecule has 0 unspecified atom stereocenters. The second-order valence-corrected chi connectivity index (χ2v) is 7.18. The van der Waals surface area contributed by atoms with Crippen LogP contribution in [0.4, 0.5) is 4.79 Å². The predicted octanol–water partition coefficient (Wildman–Crippen LogP) is 5.54. The first kappa shape index (κ1) is 17.1. The number of halogens is 2. The third-order valence-corrected chi connectivity index (χ3v) is 5.32. The van der Waals surface area contributed by atoms with Gasteiger partial charge in [0.05, 0.1) is 21.5 Å². The number of hydrogen-bond donors (Lipinski definition) is 0. The SMILES string of the molecule is Cc1ccccc1/C=C1/SC(=O)N(Cc2ccc(Cl)c(Cl)c2)C1=O. The molecule has 0 saturated carbocycles. The Kier molecular flexibility index (Phi) is 4.99. The molecule has 1 aliphatic rings. The second-order valence-electron chi connectivity index (χ2n) is 5.37. The molecule has 0 atom stereocenters. The maximum Gasteiger partial charge on any atom is 0.293 e. The van der Waals surface area contributed by atoms with E-state index in [1.165, 1.54) is 4.90 Å².